The van der Waals surface area contributed by atoms with Crippen LogP contribution in [0.3, 0.4) is 0 Å². The first-order valence-electron chi connectivity index (χ1n) is 16.2. The van der Waals surface area contributed by atoms with Crippen molar-refractivity contribution >= 4 is 62.2 Å². The lowest BCUT2D eigenvalue weighted by Gasteiger charge is -2.35. The van der Waals surface area contributed by atoms with Gasteiger partial charge in [0.2, 0.25) is 0 Å². The minimum absolute atomic E-state index is 0.131. The van der Waals surface area contributed by atoms with Crippen LogP contribution in [0.4, 0.5) is 0 Å². The number of halogens is 2. The van der Waals surface area contributed by atoms with Crippen molar-refractivity contribution in [1.29, 1.82) is 5.26 Å². The number of ether oxygens (including phenoxy) is 2. The summed E-state index contributed by atoms with van der Waals surface area (Å²) in [5, 5.41) is 12.1. The summed E-state index contributed by atoms with van der Waals surface area (Å²) < 4.78 is 10.5. The van der Waals surface area contributed by atoms with Gasteiger partial charge in [0.15, 0.2) is 0 Å². The number of nitriles is 1. The zero-order chi connectivity index (χ0) is 35.1. The van der Waals surface area contributed by atoms with Gasteiger partial charge in [0, 0.05) is 22.9 Å². The lowest BCUT2D eigenvalue weighted by atomic mass is 9.88. The molecule has 0 bridgehead atoms. The standard InChI is InChI=1S/C39H41Cl2N3O4S/c1-47-31-10-11-33(37(22-31)49(3)4)27-13-16-43(17-14-27)18-15-30(28-9-12-35(40)36(41)21-28)24-44(25-38(45)48-2)39(46)34-20-26(23-42)19-29-7-5-6-8-32(29)34/h5-12,19-22,27,30H,3,13-18,24-25H2,1-2,4H3/t30-,49?/m1/s1. The van der Waals surface area contributed by atoms with Gasteiger partial charge in [-0.15, -0.1) is 0 Å². The van der Waals surface area contributed by atoms with Crippen molar-refractivity contribution in [3.8, 4) is 11.8 Å². The predicted molar refractivity (Wildman–Crippen MR) is 201 cm³/mol. The van der Waals surface area contributed by atoms with Gasteiger partial charge in [-0.05, 0) is 109 Å². The van der Waals surface area contributed by atoms with E-state index in [1.165, 1.54) is 22.5 Å². The summed E-state index contributed by atoms with van der Waals surface area (Å²) in [7, 11) is 2.87. The molecule has 4 aromatic carbocycles. The number of rotatable bonds is 12. The largest absolute Gasteiger partial charge is 0.497 e. The van der Waals surface area contributed by atoms with Gasteiger partial charge in [-0.2, -0.15) is 15.7 Å². The van der Waals surface area contributed by atoms with E-state index in [-0.39, 0.29) is 35.4 Å². The molecule has 4 aromatic rings. The van der Waals surface area contributed by atoms with E-state index in [0.717, 1.165) is 55.6 Å². The van der Waals surface area contributed by atoms with Crippen LogP contribution in [0.15, 0.2) is 77.7 Å². The molecule has 7 nitrogen and oxygen atoms in total. The smallest absolute Gasteiger partial charge is 0.325 e. The number of likely N-dealkylation sites (tertiary alicyclic amines) is 1. The first kappa shape index (κ1) is 36.4. The fourth-order valence-electron chi connectivity index (χ4n) is 6.64. The molecule has 256 valence electrons. The van der Waals surface area contributed by atoms with Crippen LogP contribution in [0.25, 0.3) is 10.8 Å². The van der Waals surface area contributed by atoms with Crippen LogP contribution in [-0.4, -0.2) is 80.7 Å². The summed E-state index contributed by atoms with van der Waals surface area (Å²) >= 11 is 12.8. The Balaban J connectivity index is 1.38. The van der Waals surface area contributed by atoms with E-state index in [1.54, 1.807) is 25.3 Å². The minimum atomic E-state index is -0.529. The van der Waals surface area contributed by atoms with Crippen molar-refractivity contribution in [2.45, 2.75) is 36.0 Å². The van der Waals surface area contributed by atoms with Crippen LogP contribution in [-0.2, 0) is 9.53 Å². The second-order valence-corrected chi connectivity index (χ2v) is 15.0. The Hall–Kier alpha value is -3.87. The molecule has 1 heterocycles. The molecule has 0 saturated carbocycles. The normalized spacial score (nSPS) is 14.9. The molecule has 5 rings (SSSR count). The molecule has 49 heavy (non-hydrogen) atoms. The second-order valence-electron chi connectivity index (χ2n) is 12.4. The quantitative estimate of drug-likeness (QED) is 0.108. The molecule has 0 N–H and O–H groups in total. The van der Waals surface area contributed by atoms with Crippen molar-refractivity contribution in [3.63, 3.8) is 0 Å². The fourth-order valence-corrected chi connectivity index (χ4v) is 7.91. The lowest BCUT2D eigenvalue weighted by molar-refractivity contribution is -0.141. The average molecular weight is 719 g/mol. The van der Waals surface area contributed by atoms with E-state index < -0.39 is 5.97 Å². The Labute approximate surface area is 301 Å². The SMILES string of the molecule is C=S(C)c1cc(OC)ccc1C1CCN(CC[C@H](CN(CC(=O)OC)C(=O)c2cc(C#N)cc3ccccc23)c2ccc(Cl)c(Cl)c2)CC1. The molecular weight excluding hydrogens is 677 g/mol. The maximum Gasteiger partial charge on any atom is 0.325 e. The van der Waals surface area contributed by atoms with Crippen LogP contribution in [0.1, 0.15) is 58.1 Å². The van der Waals surface area contributed by atoms with Crippen molar-refractivity contribution in [2.24, 2.45) is 0 Å². The third kappa shape index (κ3) is 8.84. The van der Waals surface area contributed by atoms with Crippen molar-refractivity contribution < 1.29 is 19.1 Å². The number of amides is 1. The Morgan fingerprint density at radius 2 is 1.80 bits per heavy atom. The topological polar surface area (TPSA) is 82.9 Å². The second kappa shape index (κ2) is 16.7. The monoisotopic (exact) mass is 717 g/mol. The highest BCUT2D eigenvalue weighted by Crippen LogP contribution is 2.38. The van der Waals surface area contributed by atoms with Crippen LogP contribution in [0, 0.1) is 11.3 Å². The lowest BCUT2D eigenvalue weighted by Crippen LogP contribution is -2.40. The van der Waals surface area contributed by atoms with E-state index >= 15 is 0 Å². The number of fused-ring (bicyclic) bond motifs is 1. The number of carbonyl (C=O) groups is 2. The van der Waals surface area contributed by atoms with Gasteiger partial charge in [0.25, 0.3) is 5.91 Å². The highest BCUT2D eigenvalue weighted by atomic mass is 35.5. The number of esters is 1. The van der Waals surface area contributed by atoms with Gasteiger partial charge >= 0.3 is 5.97 Å². The molecule has 0 spiro atoms. The summed E-state index contributed by atoms with van der Waals surface area (Å²) in [6.07, 6.45) is 4.93. The number of carbonyl (C=O) groups excluding carboxylic acids is 2. The summed E-state index contributed by atoms with van der Waals surface area (Å²) in [6.45, 7) is 2.69. The van der Waals surface area contributed by atoms with Crippen LogP contribution >= 0.6 is 33.7 Å². The number of piperidine rings is 1. The van der Waals surface area contributed by atoms with Crippen LogP contribution < -0.4 is 4.74 Å². The molecule has 1 aliphatic heterocycles. The molecule has 10 heteroatoms. The van der Waals surface area contributed by atoms with Gasteiger partial charge in [-0.25, -0.2) is 0 Å². The summed E-state index contributed by atoms with van der Waals surface area (Å²) in [5.41, 5.74) is 3.02. The Morgan fingerprint density at radius 1 is 1.04 bits per heavy atom. The van der Waals surface area contributed by atoms with Crippen molar-refractivity contribution in [3.05, 3.63) is 105 Å². The van der Waals surface area contributed by atoms with E-state index in [1.807, 2.05) is 42.5 Å². The molecule has 1 aliphatic rings. The number of hydrogen-bond donors (Lipinski definition) is 0. The van der Waals surface area contributed by atoms with E-state index in [9.17, 15) is 14.9 Å². The zero-order valence-electron chi connectivity index (χ0n) is 28.1. The maximum atomic E-state index is 14.3. The van der Waals surface area contributed by atoms with E-state index in [0.29, 0.717) is 32.5 Å². The summed E-state index contributed by atoms with van der Waals surface area (Å²) in [6, 6.07) is 24.9. The molecule has 1 amide bonds. The predicted octanol–water partition coefficient (Wildman–Crippen LogP) is 8.39. The van der Waals surface area contributed by atoms with Gasteiger partial charge in [0.05, 0.1) is 35.9 Å². The van der Waals surface area contributed by atoms with E-state index in [2.05, 4.69) is 35.2 Å². The summed E-state index contributed by atoms with van der Waals surface area (Å²) in [5.74, 6) is 4.59. The van der Waals surface area contributed by atoms with E-state index in [4.69, 9.17) is 32.7 Å². The van der Waals surface area contributed by atoms with Gasteiger partial charge in [-0.3, -0.25) is 9.59 Å². The Kier molecular flexibility index (Phi) is 12.4. The third-order valence-electron chi connectivity index (χ3n) is 9.33. The van der Waals surface area contributed by atoms with Crippen LogP contribution in [0.2, 0.25) is 10.0 Å². The molecule has 0 radical (unpaired) electrons. The molecule has 2 atom stereocenters. The highest BCUT2D eigenvalue weighted by Gasteiger charge is 2.28. The number of methoxy groups -OCH3 is 2. The number of nitrogens with zero attached hydrogens (tertiary/aromatic N) is 3. The molecule has 1 fully saturated rings. The number of hydrogen-bond acceptors (Lipinski definition) is 6. The first-order chi connectivity index (χ1) is 23.6. The fraction of sp³-hybridized carbons (Fsp3) is 0.333. The highest BCUT2D eigenvalue weighted by molar-refractivity contribution is 8.13. The molecular formula is C39H41Cl2N3O4S. The van der Waals surface area contributed by atoms with Crippen molar-refractivity contribution in [1.82, 2.24) is 9.80 Å². The minimum Gasteiger partial charge on any atom is -0.497 e. The summed E-state index contributed by atoms with van der Waals surface area (Å²) in [4.78, 5) is 32.2. The zero-order valence-corrected chi connectivity index (χ0v) is 30.4. The van der Waals surface area contributed by atoms with Gasteiger partial charge in [0.1, 0.15) is 12.3 Å². The Bertz CT molecular complexity index is 1900. The number of benzene rings is 4. The third-order valence-corrected chi connectivity index (χ3v) is 11.2. The first-order valence-corrected chi connectivity index (χ1v) is 18.8. The Morgan fingerprint density at radius 3 is 2.47 bits per heavy atom. The van der Waals surface area contributed by atoms with Crippen LogP contribution in [0.5, 0.6) is 5.75 Å². The molecule has 0 aliphatic carbocycles. The maximum absolute atomic E-state index is 14.3. The van der Waals surface area contributed by atoms with Gasteiger partial charge in [-0.1, -0.05) is 65.5 Å². The average Bonchev–Trinajstić information content (AvgIpc) is 3.13. The van der Waals surface area contributed by atoms with Crippen molar-refractivity contribution in [2.75, 3.05) is 53.2 Å². The molecule has 0 aromatic heterocycles. The van der Waals surface area contributed by atoms with Gasteiger partial charge < -0.3 is 19.3 Å². The molecule has 1 unspecified atom stereocenters. The molecule has 1 saturated heterocycles.